The van der Waals surface area contributed by atoms with E-state index in [0.29, 0.717) is 0 Å². The highest BCUT2D eigenvalue weighted by molar-refractivity contribution is 7.80. The first-order chi connectivity index (χ1) is 63.8. The molecule has 20 nitrogen and oxygen atoms in total. The summed E-state index contributed by atoms with van der Waals surface area (Å²) in [5.74, 6) is 0. The average Bonchev–Trinajstić information content (AvgIpc) is 0.758. The molecule has 0 aromatic heterocycles. The van der Waals surface area contributed by atoms with Crippen LogP contribution in [0.1, 0.15) is 66.8 Å². The van der Waals surface area contributed by atoms with Gasteiger partial charge in [0.1, 0.15) is 103 Å². The Kier molecular flexibility index (Phi) is 35.4. The Morgan fingerprint density at radius 1 is 0.186 bits per heavy atom. The van der Waals surface area contributed by atoms with Crippen LogP contribution in [0, 0.1) is 0 Å². The first kappa shape index (κ1) is 92.5. The molecule has 4 fully saturated rings. The predicted octanol–water partition coefficient (Wildman–Crippen LogP) is 17.9. The van der Waals surface area contributed by atoms with E-state index in [0.717, 1.165) is 66.8 Å². The number of aliphatic hydroxyl groups is 1. The van der Waals surface area contributed by atoms with E-state index in [2.05, 4.69) is 0 Å². The highest BCUT2D eigenvalue weighted by Gasteiger charge is 2.59. The van der Waals surface area contributed by atoms with Gasteiger partial charge < -0.3 is 95.1 Å². The Hall–Kier alpha value is -9.81. The summed E-state index contributed by atoms with van der Waals surface area (Å²) < 4.78 is 140. The third-order valence-electron chi connectivity index (χ3n) is 23.1. The molecule has 12 aromatic carbocycles. The lowest BCUT2D eigenvalue weighted by molar-refractivity contribution is -0.410. The fourth-order valence-electron chi connectivity index (χ4n) is 16.5. The van der Waals surface area contributed by atoms with Crippen LogP contribution in [0.5, 0.6) is 0 Å². The quantitative estimate of drug-likeness (QED) is 0.0342. The third-order valence-corrected chi connectivity index (χ3v) is 23.6. The molecule has 12 aromatic rings. The number of aliphatic hydroxyl groups excluding tert-OH is 1. The topological polar surface area (TPSA) is 196 Å². The molecule has 0 radical (unpaired) electrons. The van der Waals surface area contributed by atoms with E-state index >= 15 is 0 Å². The van der Waals surface area contributed by atoms with Crippen LogP contribution < -0.4 is 0 Å². The summed E-state index contributed by atoms with van der Waals surface area (Å²) in [6, 6.07) is 119. The van der Waals surface area contributed by atoms with Gasteiger partial charge in [-0.2, -0.15) is 0 Å². The molecule has 4 saturated heterocycles. The monoisotopic (exact) mass is 1760 g/mol. The van der Waals surface area contributed by atoms with E-state index in [4.69, 9.17) is 103 Å². The van der Waals surface area contributed by atoms with Gasteiger partial charge in [0.15, 0.2) is 18.9 Å². The van der Waals surface area contributed by atoms with Crippen LogP contribution in [0.2, 0.25) is 0 Å². The Bertz CT molecular complexity index is 5070. The van der Waals surface area contributed by atoms with Crippen molar-refractivity contribution in [2.75, 3.05) is 26.4 Å². The first-order valence-electron chi connectivity index (χ1n) is 44.5. The fourth-order valence-corrected chi connectivity index (χ4v) is 16.9. The summed E-state index contributed by atoms with van der Waals surface area (Å²) in [5, 5.41) is 13.8. The molecular weight excluding hydrogens is 1650 g/mol. The number of hydrogen-bond donors (Lipinski definition) is 2. The van der Waals surface area contributed by atoms with Crippen LogP contribution in [0.25, 0.3) is 0 Å². The molecule has 0 spiro atoms. The van der Waals surface area contributed by atoms with Crippen molar-refractivity contribution in [1.29, 1.82) is 0 Å². The fraction of sp³-hybridized carbons (Fsp3) is 0.333. The van der Waals surface area contributed by atoms with Crippen molar-refractivity contribution in [3.8, 4) is 0 Å². The molecular formula is C108H114O20S. The summed E-state index contributed by atoms with van der Waals surface area (Å²) in [5.41, 5.74) is 9.60. The maximum atomic E-state index is 13.8. The average molecular weight is 1760 g/mol. The van der Waals surface area contributed by atoms with Crippen molar-refractivity contribution in [2.24, 2.45) is 0 Å². The zero-order chi connectivity index (χ0) is 87.7. The number of hydrogen-bond acceptors (Lipinski definition) is 21. The van der Waals surface area contributed by atoms with Crippen LogP contribution in [-0.4, -0.2) is 154 Å². The van der Waals surface area contributed by atoms with Gasteiger partial charge in [0.2, 0.25) is 0 Å². The summed E-state index contributed by atoms with van der Waals surface area (Å²) >= 11 is 5.45. The minimum absolute atomic E-state index is 0.0193. The molecule has 129 heavy (non-hydrogen) atoms. The smallest absolute Gasteiger partial charge is 0.187 e. The predicted molar refractivity (Wildman–Crippen MR) is 489 cm³/mol. The number of ether oxygens (including phenoxy) is 19. The standard InChI is InChI=1S/C108H114O20S/c109-93-98(118-69-85-53-29-9-30-54-85)94(114-65-81-45-21-5-22-46-81)89(73-110-61-77-37-13-1-14-38-77)122-105(93)126-102-99(119-70-86-55-31-10-32-56-86)95(115-66-82-47-23-6-24-48-82)90(74-111-62-78-39-15-2-16-40-78)123-106(102)127-103-100(120-71-87-57-33-11-34-58-87)96(116-67-83-49-25-7-26-50-83)91(75-112-63-79-41-17-3-18-42-79)124-107(103)128-104-101(121-72-88-59-35-12-36-60-88)97(117-68-84-51-27-8-28-52-84)92(125-108(104)129)76-113-64-80-43-19-4-20-44-80/h1-60,89-109,129H,61-76H2/t89-,90-,91-,92-,93+,94-,95-,96-,97-,98-,99+,100+,101+,102+,103+,104+,105-,106-,107-,108-/m1/s1. The molecule has 4 heterocycles. The van der Waals surface area contributed by atoms with E-state index in [1.165, 1.54) is 0 Å². The molecule has 0 aliphatic carbocycles. The van der Waals surface area contributed by atoms with Crippen molar-refractivity contribution in [3.63, 3.8) is 0 Å². The molecule has 0 saturated carbocycles. The van der Waals surface area contributed by atoms with Gasteiger partial charge in [0.25, 0.3) is 0 Å². The van der Waals surface area contributed by atoms with Gasteiger partial charge >= 0.3 is 0 Å². The van der Waals surface area contributed by atoms with Crippen LogP contribution in [0.3, 0.4) is 0 Å². The zero-order valence-electron chi connectivity index (χ0n) is 72.2. The van der Waals surface area contributed by atoms with Crippen LogP contribution >= 0.6 is 12.6 Å². The maximum Gasteiger partial charge on any atom is 0.187 e. The van der Waals surface area contributed by atoms with Gasteiger partial charge in [-0.05, 0) is 66.8 Å². The van der Waals surface area contributed by atoms with E-state index < -0.39 is 122 Å². The Morgan fingerprint density at radius 2 is 0.357 bits per heavy atom. The molecule has 21 heteroatoms. The molecule has 0 amide bonds. The molecule has 672 valence electrons. The molecule has 16 rings (SSSR count). The summed E-state index contributed by atoms with van der Waals surface area (Å²) in [6.45, 7) is 1.49. The molecule has 4 aliphatic rings. The summed E-state index contributed by atoms with van der Waals surface area (Å²) in [7, 11) is 0. The Morgan fingerprint density at radius 3 is 0.597 bits per heavy atom. The van der Waals surface area contributed by atoms with Gasteiger partial charge in [-0.15, -0.1) is 12.6 Å². The minimum atomic E-state index is -1.62. The van der Waals surface area contributed by atoms with Crippen LogP contribution in [-0.2, 0) is 169 Å². The van der Waals surface area contributed by atoms with Crippen molar-refractivity contribution < 1.29 is 95.1 Å². The normalized spacial score (nSPS) is 25.8. The second-order valence-corrected chi connectivity index (χ2v) is 33.1. The van der Waals surface area contributed by atoms with Gasteiger partial charge in [0, 0.05) is 0 Å². The molecule has 20 atom stereocenters. The van der Waals surface area contributed by atoms with Gasteiger partial charge in [0.05, 0.1) is 106 Å². The number of thiol groups is 1. The molecule has 0 unspecified atom stereocenters. The summed E-state index contributed by atoms with van der Waals surface area (Å²) in [4.78, 5) is 0. The van der Waals surface area contributed by atoms with Crippen molar-refractivity contribution in [2.45, 2.75) is 201 Å². The zero-order valence-corrected chi connectivity index (χ0v) is 73.0. The Labute approximate surface area is 761 Å². The highest BCUT2D eigenvalue weighted by Crippen LogP contribution is 2.42. The van der Waals surface area contributed by atoms with Gasteiger partial charge in [-0.25, -0.2) is 0 Å². The van der Waals surface area contributed by atoms with Gasteiger partial charge in [-0.3, -0.25) is 0 Å². The lowest BCUT2D eigenvalue weighted by Gasteiger charge is -2.52. The van der Waals surface area contributed by atoms with E-state index in [1.54, 1.807) is 0 Å². The van der Waals surface area contributed by atoms with Gasteiger partial charge in [-0.1, -0.05) is 364 Å². The van der Waals surface area contributed by atoms with Crippen molar-refractivity contribution in [1.82, 2.24) is 0 Å². The molecule has 1 N–H and O–H groups in total. The maximum absolute atomic E-state index is 13.8. The summed E-state index contributed by atoms with van der Waals surface area (Å²) in [6.07, 6.45) is -22.8. The molecule has 4 aliphatic heterocycles. The second-order valence-electron chi connectivity index (χ2n) is 32.6. The Balaban J connectivity index is 0.857. The van der Waals surface area contributed by atoms with E-state index in [1.807, 2.05) is 364 Å². The first-order valence-corrected chi connectivity index (χ1v) is 45.0. The largest absolute Gasteiger partial charge is 0.385 e. The van der Waals surface area contributed by atoms with Crippen molar-refractivity contribution in [3.05, 3.63) is 431 Å². The van der Waals surface area contributed by atoms with Crippen LogP contribution in [0.4, 0.5) is 0 Å². The molecule has 0 bridgehead atoms. The lowest BCUT2D eigenvalue weighted by Crippen LogP contribution is -2.69. The third kappa shape index (κ3) is 27.2. The second kappa shape index (κ2) is 49.4. The minimum Gasteiger partial charge on any atom is -0.385 e. The van der Waals surface area contributed by atoms with E-state index in [-0.39, 0.29) is 106 Å². The highest BCUT2D eigenvalue weighted by atomic mass is 32.1. The SMILES string of the molecule is O[C@@H]1[C@@H](O[C@@H]2[C@@H](O[C@@H]3[C@@H](O[C@H]4[C@@H](OCc5ccccc5)[C@H](OCc5ccccc5)[C@@H](COCc5ccccc5)O[C@@H]4S)O[C@H](COCc4ccccc4)[C@@H](OCc4ccccc4)[C@@H]3OCc3ccccc3)O[C@H](COCc3ccccc3)[C@@H](OCc3ccccc3)[C@@H]2OCc2ccccc2)O[C@H](COCc2ccccc2)[C@@H](OCc2ccccc2)[C@@H]1OCc1ccccc1. The van der Waals surface area contributed by atoms with Crippen molar-refractivity contribution >= 4 is 12.6 Å². The number of benzene rings is 12. The number of rotatable bonds is 46. The van der Waals surface area contributed by atoms with Crippen LogP contribution in [0.15, 0.2) is 364 Å². The lowest BCUT2D eigenvalue weighted by atomic mass is 9.95. The van der Waals surface area contributed by atoms with E-state index in [9.17, 15) is 5.11 Å².